The summed E-state index contributed by atoms with van der Waals surface area (Å²) in [4.78, 5) is 0. The highest BCUT2D eigenvalue weighted by molar-refractivity contribution is 4.25. The van der Waals surface area contributed by atoms with E-state index in [0.29, 0.717) is 0 Å². The van der Waals surface area contributed by atoms with Crippen molar-refractivity contribution in [3.05, 3.63) is 0 Å². The van der Waals surface area contributed by atoms with Gasteiger partial charge in [0.15, 0.2) is 0 Å². The third-order valence-corrected chi connectivity index (χ3v) is 0.663. The molecular formula is C4H11O2+. The fourth-order valence-electron chi connectivity index (χ4n) is 0.183. The third kappa shape index (κ3) is 2.18. The molecule has 0 aromatic heterocycles. The first-order chi connectivity index (χ1) is 2.81. The fourth-order valence-corrected chi connectivity index (χ4v) is 0.183. The van der Waals surface area contributed by atoms with Crippen LogP contribution < -0.4 is 0 Å². The molecule has 0 bridgehead atoms. The molecule has 0 fully saturated rings. The minimum Gasteiger partial charge on any atom is -0.412 e. The van der Waals surface area contributed by atoms with E-state index in [0.717, 1.165) is 6.42 Å². The van der Waals surface area contributed by atoms with Gasteiger partial charge in [0.25, 0.3) is 6.29 Å². The predicted molar refractivity (Wildman–Crippen MR) is 24.4 cm³/mol. The Bertz CT molecular complexity index is 24.7. The molecule has 0 heterocycles. The van der Waals surface area contributed by atoms with Crippen LogP contribution in [0.5, 0.6) is 0 Å². The molecule has 0 saturated carbocycles. The second kappa shape index (κ2) is 3.12. The highest BCUT2D eigenvalue weighted by atomic mass is 16.6. The highest BCUT2D eigenvalue weighted by Gasteiger charge is 1.96. The molecule has 2 heteroatoms. The summed E-state index contributed by atoms with van der Waals surface area (Å²) < 4.78 is 3.56. The van der Waals surface area contributed by atoms with Gasteiger partial charge in [0.2, 0.25) is 0 Å². The molecule has 0 amide bonds. The summed E-state index contributed by atoms with van der Waals surface area (Å²) in [7, 11) is 1.61. The maximum Gasteiger partial charge on any atom is 0.261 e. The van der Waals surface area contributed by atoms with Crippen molar-refractivity contribution in [3.63, 3.8) is 0 Å². The predicted octanol–water partition coefficient (Wildman–Crippen LogP) is -0.127. The molecule has 0 spiro atoms. The Morgan fingerprint density at radius 2 is 2.33 bits per heavy atom. The molecule has 0 saturated heterocycles. The first-order valence-electron chi connectivity index (χ1n) is 2.08. The molecule has 0 aliphatic carbocycles. The van der Waals surface area contributed by atoms with E-state index in [4.69, 9.17) is 5.11 Å². The normalized spacial score (nSPS) is 14.5. The molecule has 0 aliphatic rings. The highest BCUT2D eigenvalue weighted by Crippen LogP contribution is 1.82. The van der Waals surface area contributed by atoms with E-state index in [1.54, 1.807) is 7.11 Å². The van der Waals surface area contributed by atoms with Crippen molar-refractivity contribution in [2.24, 2.45) is 0 Å². The van der Waals surface area contributed by atoms with E-state index in [1.165, 1.54) is 0 Å². The first-order valence-corrected chi connectivity index (χ1v) is 2.08. The van der Waals surface area contributed by atoms with E-state index in [9.17, 15) is 0 Å². The Morgan fingerprint density at radius 3 is 2.33 bits per heavy atom. The minimum atomic E-state index is -0.440. The minimum absolute atomic E-state index is 0.440. The maximum absolute atomic E-state index is 8.50. The first kappa shape index (κ1) is 5.92. The van der Waals surface area contributed by atoms with Crippen molar-refractivity contribution in [2.75, 3.05) is 7.11 Å². The zero-order chi connectivity index (χ0) is 4.99. The molecule has 0 aromatic rings. The smallest absolute Gasteiger partial charge is 0.261 e. The van der Waals surface area contributed by atoms with Crippen LogP contribution in [-0.2, 0) is 0 Å². The average Bonchev–Trinajstić information content (AvgIpc) is 1.65. The van der Waals surface area contributed by atoms with E-state index in [1.807, 2.05) is 6.92 Å². The van der Waals surface area contributed by atoms with E-state index in [2.05, 4.69) is 4.74 Å². The lowest BCUT2D eigenvalue weighted by atomic mass is 10.5. The van der Waals surface area contributed by atoms with Gasteiger partial charge in [-0.15, -0.1) is 0 Å². The van der Waals surface area contributed by atoms with Crippen LogP contribution in [0.2, 0.25) is 0 Å². The van der Waals surface area contributed by atoms with Gasteiger partial charge in [-0.25, -0.2) is 0 Å². The van der Waals surface area contributed by atoms with Gasteiger partial charge in [-0.05, 0) is 0 Å². The van der Waals surface area contributed by atoms with Crippen LogP contribution in [0.15, 0.2) is 0 Å². The van der Waals surface area contributed by atoms with Crippen LogP contribution in [-0.4, -0.2) is 23.2 Å². The number of hydrogen-bond donors (Lipinski definition) is 1. The van der Waals surface area contributed by atoms with Gasteiger partial charge in [-0.3, -0.25) is 0 Å². The average molecular weight is 91.1 g/mol. The lowest BCUT2D eigenvalue weighted by Gasteiger charge is -1.96. The van der Waals surface area contributed by atoms with Gasteiger partial charge in [0.05, 0.1) is 0 Å². The standard InChI is InChI=1S/C4H10O2/c1-3-4(5)6-2/h4-5H,3H2,1-2H3/p+1. The van der Waals surface area contributed by atoms with Gasteiger partial charge < -0.3 is 9.84 Å². The Hall–Kier alpha value is -0.0800. The summed E-state index contributed by atoms with van der Waals surface area (Å²) in [6.45, 7) is 1.89. The molecule has 0 aliphatic heterocycles. The van der Waals surface area contributed by atoms with E-state index < -0.39 is 6.29 Å². The molecule has 0 aromatic carbocycles. The molecule has 6 heavy (non-hydrogen) atoms. The lowest BCUT2D eigenvalue weighted by molar-refractivity contribution is -0.185. The quantitative estimate of drug-likeness (QED) is 0.373. The second-order valence-electron chi connectivity index (χ2n) is 1.15. The zero-order valence-corrected chi connectivity index (χ0v) is 4.18. The van der Waals surface area contributed by atoms with Gasteiger partial charge in [-0.2, -0.15) is 0 Å². The number of ether oxygens (including phenoxy) is 1. The molecule has 2 nitrogen and oxygen atoms in total. The summed E-state index contributed by atoms with van der Waals surface area (Å²) in [5.74, 6) is 0. The fraction of sp³-hybridized carbons (Fsp3) is 1.00. The van der Waals surface area contributed by atoms with Gasteiger partial charge in [-0.1, -0.05) is 6.92 Å². The van der Waals surface area contributed by atoms with Gasteiger partial charge >= 0.3 is 0 Å². The Labute approximate surface area is 37.7 Å². The monoisotopic (exact) mass is 91.1 g/mol. The van der Waals surface area contributed by atoms with E-state index >= 15 is 0 Å². The number of hydrogen-bond acceptors (Lipinski definition) is 1. The van der Waals surface area contributed by atoms with Crippen LogP contribution in [0, 0.1) is 0 Å². The molecule has 1 atom stereocenters. The number of aliphatic hydroxyl groups is 3. The Kier molecular flexibility index (Phi) is 3.08. The Morgan fingerprint density at radius 1 is 1.83 bits per heavy atom. The van der Waals surface area contributed by atoms with Gasteiger partial charge in [0.1, 0.15) is 7.11 Å². The summed E-state index contributed by atoms with van der Waals surface area (Å²) in [6.07, 6.45) is 0.279. The van der Waals surface area contributed by atoms with Crippen molar-refractivity contribution in [3.8, 4) is 0 Å². The van der Waals surface area contributed by atoms with Crippen molar-refractivity contribution in [1.29, 1.82) is 0 Å². The van der Waals surface area contributed by atoms with Crippen molar-refractivity contribution in [2.45, 2.75) is 19.6 Å². The SMILES string of the molecule is CCC(O)[OH+]C. The van der Waals surface area contributed by atoms with Crippen molar-refractivity contribution >= 4 is 0 Å². The third-order valence-electron chi connectivity index (χ3n) is 0.663. The summed E-state index contributed by atoms with van der Waals surface area (Å²) >= 11 is 0. The number of aliphatic hydroxyl groups excluding tert-OH is 1. The largest absolute Gasteiger partial charge is 0.412 e. The van der Waals surface area contributed by atoms with Crippen LogP contribution in [0.4, 0.5) is 0 Å². The maximum atomic E-state index is 8.50. The molecule has 2 N–H and O–H groups in total. The lowest BCUT2D eigenvalue weighted by Crippen LogP contribution is -2.10. The number of rotatable bonds is 2. The van der Waals surface area contributed by atoms with Crippen LogP contribution in [0.25, 0.3) is 0 Å². The van der Waals surface area contributed by atoms with Gasteiger partial charge in [0, 0.05) is 6.42 Å². The van der Waals surface area contributed by atoms with Crippen molar-refractivity contribution in [1.82, 2.24) is 0 Å². The van der Waals surface area contributed by atoms with Crippen LogP contribution in [0.1, 0.15) is 13.3 Å². The zero-order valence-electron chi connectivity index (χ0n) is 4.18. The molecule has 0 rings (SSSR count). The summed E-state index contributed by atoms with van der Waals surface area (Å²) in [6, 6.07) is 0. The molecule has 38 valence electrons. The van der Waals surface area contributed by atoms with Crippen LogP contribution >= 0.6 is 0 Å². The Balaban J connectivity index is 2.75. The molecule has 0 radical (unpaired) electrons. The molecular weight excluding hydrogens is 80.0 g/mol. The topological polar surface area (TPSA) is 33.0 Å². The summed E-state index contributed by atoms with van der Waals surface area (Å²) in [5, 5.41) is 8.50. The van der Waals surface area contributed by atoms with Crippen LogP contribution in [0.3, 0.4) is 0 Å². The summed E-state index contributed by atoms with van der Waals surface area (Å²) in [5.41, 5.74) is 0. The van der Waals surface area contributed by atoms with E-state index in [-0.39, 0.29) is 0 Å². The molecule has 1 unspecified atom stereocenters. The second-order valence-corrected chi connectivity index (χ2v) is 1.15. The van der Waals surface area contributed by atoms with Crippen molar-refractivity contribution < 1.29 is 9.84 Å².